The fourth-order valence-corrected chi connectivity index (χ4v) is 2.39. The van der Waals surface area contributed by atoms with Gasteiger partial charge in [-0.25, -0.2) is 14.4 Å². The third kappa shape index (κ3) is 2.80. The minimum Gasteiger partial charge on any atom is -0.454 e. The van der Waals surface area contributed by atoms with E-state index in [-0.39, 0.29) is 18.2 Å². The van der Waals surface area contributed by atoms with Crippen LogP contribution in [0.2, 0.25) is 0 Å². The van der Waals surface area contributed by atoms with Gasteiger partial charge >= 0.3 is 5.97 Å². The summed E-state index contributed by atoms with van der Waals surface area (Å²) in [6.45, 7) is 1.73. The molecule has 7 heteroatoms. The molecule has 0 aliphatic heterocycles. The summed E-state index contributed by atoms with van der Waals surface area (Å²) in [5.74, 6) is 0.760. The van der Waals surface area contributed by atoms with Crippen LogP contribution in [0.15, 0.2) is 39.4 Å². The van der Waals surface area contributed by atoms with E-state index in [9.17, 15) is 4.79 Å². The van der Waals surface area contributed by atoms with Crippen LogP contribution in [0.25, 0.3) is 11.5 Å². The van der Waals surface area contributed by atoms with Crippen LogP contribution < -0.4 is 0 Å². The normalized spacial score (nSPS) is 13.9. The molecule has 0 amide bonds. The quantitative estimate of drug-likeness (QED) is 0.665. The van der Waals surface area contributed by atoms with Crippen molar-refractivity contribution >= 4 is 5.97 Å². The molecule has 122 valence electrons. The number of aromatic nitrogens is 3. The Morgan fingerprint density at radius 2 is 2.04 bits per heavy atom. The van der Waals surface area contributed by atoms with Crippen LogP contribution in [0.1, 0.15) is 46.4 Å². The van der Waals surface area contributed by atoms with E-state index in [2.05, 4.69) is 19.9 Å². The molecule has 1 aliphatic carbocycles. The summed E-state index contributed by atoms with van der Waals surface area (Å²) in [4.78, 5) is 16.8. The highest BCUT2D eigenvalue weighted by Gasteiger charge is 2.34. The van der Waals surface area contributed by atoms with Crippen molar-refractivity contribution in [1.29, 1.82) is 0 Å². The molecule has 3 aromatic rings. The lowest BCUT2D eigenvalue weighted by molar-refractivity contribution is 0.0454. The Hall–Kier alpha value is -2.96. The van der Waals surface area contributed by atoms with E-state index < -0.39 is 5.97 Å². The molecule has 0 spiro atoms. The monoisotopic (exact) mass is 325 g/mol. The number of carbonyl (C=O) groups is 1. The minimum atomic E-state index is -0.523. The summed E-state index contributed by atoms with van der Waals surface area (Å²) in [6.07, 6.45) is 1.99. The number of oxazole rings is 1. The molecule has 2 heterocycles. The van der Waals surface area contributed by atoms with Crippen LogP contribution in [-0.4, -0.2) is 21.3 Å². The van der Waals surface area contributed by atoms with Crippen molar-refractivity contribution in [3.05, 3.63) is 53.2 Å². The summed E-state index contributed by atoms with van der Waals surface area (Å²) in [7, 11) is 0. The number of hydrogen-bond acceptors (Lipinski definition) is 7. The van der Waals surface area contributed by atoms with Crippen molar-refractivity contribution in [2.24, 2.45) is 0 Å². The highest BCUT2D eigenvalue weighted by atomic mass is 16.6. The molecule has 1 saturated carbocycles. The Kier molecular flexibility index (Phi) is 3.60. The van der Waals surface area contributed by atoms with Crippen molar-refractivity contribution in [1.82, 2.24) is 15.3 Å². The fourth-order valence-electron chi connectivity index (χ4n) is 2.39. The second-order valence-corrected chi connectivity index (χ2v) is 5.74. The molecule has 0 saturated heterocycles. The first-order valence-corrected chi connectivity index (χ1v) is 7.73. The van der Waals surface area contributed by atoms with Crippen molar-refractivity contribution in [2.75, 3.05) is 0 Å². The van der Waals surface area contributed by atoms with Crippen LogP contribution in [0, 0.1) is 6.92 Å². The fraction of sp³-hybridized carbons (Fsp3) is 0.294. The lowest BCUT2D eigenvalue weighted by atomic mass is 10.2. The molecule has 24 heavy (non-hydrogen) atoms. The smallest absolute Gasteiger partial charge is 0.361 e. The Morgan fingerprint density at radius 3 is 2.71 bits per heavy atom. The lowest BCUT2D eigenvalue weighted by Crippen LogP contribution is -2.08. The third-order valence-electron chi connectivity index (χ3n) is 3.90. The minimum absolute atomic E-state index is 0.00813. The zero-order chi connectivity index (χ0) is 16.5. The van der Waals surface area contributed by atoms with Gasteiger partial charge < -0.3 is 9.15 Å². The maximum Gasteiger partial charge on any atom is 0.361 e. The molecule has 0 radical (unpaired) electrons. The van der Waals surface area contributed by atoms with Crippen molar-refractivity contribution in [3.63, 3.8) is 0 Å². The third-order valence-corrected chi connectivity index (χ3v) is 3.90. The maximum atomic E-state index is 12.4. The molecule has 1 aromatic carbocycles. The zero-order valence-corrected chi connectivity index (χ0v) is 13.1. The van der Waals surface area contributed by atoms with Crippen LogP contribution in [0.5, 0.6) is 0 Å². The van der Waals surface area contributed by atoms with E-state index in [0.717, 1.165) is 18.4 Å². The van der Waals surface area contributed by atoms with E-state index >= 15 is 0 Å². The Balaban J connectivity index is 1.58. The second-order valence-electron chi connectivity index (χ2n) is 5.74. The second kappa shape index (κ2) is 5.92. The topological polar surface area (TPSA) is 91.2 Å². The number of benzene rings is 1. The summed E-state index contributed by atoms with van der Waals surface area (Å²) in [6, 6.07) is 9.49. The molecule has 1 fully saturated rings. The van der Waals surface area contributed by atoms with Gasteiger partial charge in [-0.05, 0) is 31.9 Å². The van der Waals surface area contributed by atoms with Crippen LogP contribution in [-0.2, 0) is 11.3 Å². The van der Waals surface area contributed by atoms with Crippen LogP contribution in [0.3, 0.4) is 0 Å². The number of carbonyl (C=O) groups excluding carboxylic acids is 1. The van der Waals surface area contributed by atoms with E-state index in [4.69, 9.17) is 9.15 Å². The first-order valence-electron chi connectivity index (χ1n) is 7.73. The summed E-state index contributed by atoms with van der Waals surface area (Å²) in [5.41, 5.74) is 2.15. The largest absolute Gasteiger partial charge is 0.454 e. The molecule has 1 aliphatic rings. The molecule has 0 bridgehead atoms. The van der Waals surface area contributed by atoms with E-state index in [1.807, 2.05) is 30.3 Å². The van der Waals surface area contributed by atoms with Gasteiger partial charge in [0.2, 0.25) is 5.89 Å². The SMILES string of the molecule is Cc1nonc1COC(=O)c1nc(-c2ccccc2)oc1C1CC1. The van der Waals surface area contributed by atoms with Gasteiger partial charge in [-0.3, -0.25) is 0 Å². The van der Waals surface area contributed by atoms with Crippen LogP contribution in [0.4, 0.5) is 0 Å². The van der Waals surface area contributed by atoms with E-state index in [1.54, 1.807) is 6.92 Å². The zero-order valence-electron chi connectivity index (χ0n) is 13.1. The van der Waals surface area contributed by atoms with Gasteiger partial charge in [-0.1, -0.05) is 28.5 Å². The number of aryl methyl sites for hydroxylation is 1. The van der Waals surface area contributed by atoms with Gasteiger partial charge in [0.05, 0.1) is 0 Å². The first kappa shape index (κ1) is 14.6. The lowest BCUT2D eigenvalue weighted by Gasteiger charge is -2.01. The van der Waals surface area contributed by atoms with Gasteiger partial charge in [0.1, 0.15) is 23.8 Å². The predicted octanol–water partition coefficient (Wildman–Crippen LogP) is 3.27. The summed E-state index contributed by atoms with van der Waals surface area (Å²) in [5, 5.41) is 7.35. The predicted molar refractivity (Wildman–Crippen MR) is 82.1 cm³/mol. The van der Waals surface area contributed by atoms with Gasteiger partial charge in [0.15, 0.2) is 5.69 Å². The number of ether oxygens (including phenoxy) is 1. The highest BCUT2D eigenvalue weighted by Crippen LogP contribution is 2.43. The highest BCUT2D eigenvalue weighted by molar-refractivity contribution is 5.89. The first-order chi connectivity index (χ1) is 11.7. The summed E-state index contributed by atoms with van der Waals surface area (Å²) < 4.78 is 15.7. The molecule has 2 aromatic heterocycles. The number of esters is 1. The standard InChI is InChI=1S/C17H15N3O4/c1-10-13(20-24-19-10)9-22-17(21)14-15(11-7-8-11)23-16(18-14)12-5-3-2-4-6-12/h2-6,11H,7-9H2,1H3. The summed E-state index contributed by atoms with van der Waals surface area (Å²) >= 11 is 0. The number of rotatable bonds is 5. The van der Waals surface area contributed by atoms with E-state index in [1.165, 1.54) is 0 Å². The number of nitrogens with zero attached hydrogens (tertiary/aromatic N) is 3. The van der Waals surface area contributed by atoms with E-state index in [0.29, 0.717) is 23.0 Å². The van der Waals surface area contributed by atoms with Gasteiger partial charge in [0.25, 0.3) is 0 Å². The molecular weight excluding hydrogens is 310 g/mol. The van der Waals surface area contributed by atoms with Crippen LogP contribution >= 0.6 is 0 Å². The van der Waals surface area contributed by atoms with Gasteiger partial charge in [-0.15, -0.1) is 0 Å². The Morgan fingerprint density at radius 1 is 1.25 bits per heavy atom. The molecule has 0 unspecified atom stereocenters. The average molecular weight is 325 g/mol. The molecule has 0 N–H and O–H groups in total. The molecule has 7 nitrogen and oxygen atoms in total. The average Bonchev–Trinajstić information content (AvgIpc) is 3.22. The number of hydrogen-bond donors (Lipinski definition) is 0. The Bertz CT molecular complexity index is 865. The van der Waals surface area contributed by atoms with Gasteiger partial charge in [0, 0.05) is 11.5 Å². The van der Waals surface area contributed by atoms with Crippen molar-refractivity contribution < 1.29 is 18.6 Å². The van der Waals surface area contributed by atoms with Crippen molar-refractivity contribution in [3.8, 4) is 11.5 Å². The van der Waals surface area contributed by atoms with Crippen molar-refractivity contribution in [2.45, 2.75) is 32.3 Å². The maximum absolute atomic E-state index is 12.4. The van der Waals surface area contributed by atoms with Gasteiger partial charge in [-0.2, -0.15) is 0 Å². The molecular formula is C17H15N3O4. The Labute approximate surface area is 137 Å². The molecule has 4 rings (SSSR count). The molecule has 0 atom stereocenters.